The quantitative estimate of drug-likeness (QED) is 0.719. The Morgan fingerprint density at radius 3 is 2.67 bits per heavy atom. The molecule has 0 radical (unpaired) electrons. The van der Waals surface area contributed by atoms with Crippen LogP contribution >= 0.6 is 23.2 Å². The van der Waals surface area contributed by atoms with E-state index in [0.29, 0.717) is 23.2 Å². The van der Waals surface area contributed by atoms with Crippen LogP contribution < -0.4 is 10.6 Å². The van der Waals surface area contributed by atoms with Crippen molar-refractivity contribution in [2.45, 2.75) is 32.4 Å². The first-order valence-electron chi connectivity index (χ1n) is 6.97. The summed E-state index contributed by atoms with van der Waals surface area (Å²) in [6, 6.07) is 5.08. The molecule has 0 bridgehead atoms. The van der Waals surface area contributed by atoms with E-state index in [1.807, 2.05) is 19.9 Å². The van der Waals surface area contributed by atoms with E-state index in [1.54, 1.807) is 19.2 Å². The molecule has 0 heterocycles. The summed E-state index contributed by atoms with van der Waals surface area (Å²) in [5, 5.41) is 7.30. The first-order chi connectivity index (χ1) is 9.99. The molecule has 0 aliphatic carbocycles. The van der Waals surface area contributed by atoms with E-state index in [4.69, 9.17) is 27.9 Å². The fourth-order valence-electron chi connectivity index (χ4n) is 2.02. The van der Waals surface area contributed by atoms with Crippen molar-refractivity contribution >= 4 is 29.1 Å². The van der Waals surface area contributed by atoms with Crippen molar-refractivity contribution in [3.63, 3.8) is 0 Å². The number of hydrogen-bond acceptors (Lipinski definition) is 3. The molecule has 0 saturated carbocycles. The normalized spacial score (nSPS) is 13.8. The highest BCUT2D eigenvalue weighted by molar-refractivity contribution is 6.35. The summed E-state index contributed by atoms with van der Waals surface area (Å²) in [7, 11) is 1.60. The van der Waals surface area contributed by atoms with E-state index in [-0.39, 0.29) is 18.0 Å². The SMILES string of the molecule is CCC(NC(C)C(=O)NCCOC)c1ccc(Cl)cc1Cl. The molecular weight excluding hydrogens is 311 g/mol. The smallest absolute Gasteiger partial charge is 0.236 e. The van der Waals surface area contributed by atoms with Crippen LogP contribution in [0.25, 0.3) is 0 Å². The molecule has 21 heavy (non-hydrogen) atoms. The number of amides is 1. The van der Waals surface area contributed by atoms with Crippen molar-refractivity contribution in [2.24, 2.45) is 0 Å². The number of carbonyl (C=O) groups excluding carboxylic acids is 1. The molecule has 118 valence electrons. The summed E-state index contributed by atoms with van der Waals surface area (Å²) in [5.41, 5.74) is 0.945. The van der Waals surface area contributed by atoms with Crippen LogP contribution in [0.5, 0.6) is 0 Å². The topological polar surface area (TPSA) is 50.4 Å². The fraction of sp³-hybridized carbons (Fsp3) is 0.533. The van der Waals surface area contributed by atoms with Crippen molar-refractivity contribution < 1.29 is 9.53 Å². The molecule has 1 aromatic carbocycles. The third-order valence-electron chi connectivity index (χ3n) is 3.20. The summed E-state index contributed by atoms with van der Waals surface area (Å²) < 4.78 is 4.91. The maximum Gasteiger partial charge on any atom is 0.236 e. The molecule has 2 unspecified atom stereocenters. The molecule has 1 rings (SSSR count). The minimum atomic E-state index is -0.321. The fourth-order valence-corrected chi connectivity index (χ4v) is 2.56. The lowest BCUT2D eigenvalue weighted by molar-refractivity contribution is -0.123. The predicted octanol–water partition coefficient (Wildman–Crippen LogP) is 3.19. The van der Waals surface area contributed by atoms with Gasteiger partial charge in [0.25, 0.3) is 0 Å². The molecule has 2 N–H and O–H groups in total. The lowest BCUT2D eigenvalue weighted by atomic mass is 10.0. The molecule has 0 aliphatic heterocycles. The zero-order chi connectivity index (χ0) is 15.8. The Balaban J connectivity index is 2.66. The van der Waals surface area contributed by atoms with Gasteiger partial charge < -0.3 is 10.1 Å². The minimum absolute atomic E-state index is 0.00191. The molecule has 0 spiro atoms. The van der Waals surface area contributed by atoms with E-state index in [1.165, 1.54) is 0 Å². The Kier molecular flexibility index (Phi) is 8.04. The highest BCUT2D eigenvalue weighted by Crippen LogP contribution is 2.28. The van der Waals surface area contributed by atoms with Crippen LogP contribution in [0.3, 0.4) is 0 Å². The van der Waals surface area contributed by atoms with Gasteiger partial charge in [-0.05, 0) is 31.0 Å². The van der Waals surface area contributed by atoms with E-state index >= 15 is 0 Å². The number of hydrogen-bond donors (Lipinski definition) is 2. The van der Waals surface area contributed by atoms with E-state index in [9.17, 15) is 4.79 Å². The average molecular weight is 333 g/mol. The Bertz CT molecular complexity index is 469. The summed E-state index contributed by atoms with van der Waals surface area (Å²) >= 11 is 12.1. The minimum Gasteiger partial charge on any atom is -0.383 e. The van der Waals surface area contributed by atoms with Crippen LogP contribution in [0.2, 0.25) is 10.0 Å². The number of halogens is 2. The number of rotatable bonds is 8. The van der Waals surface area contributed by atoms with Gasteiger partial charge >= 0.3 is 0 Å². The Morgan fingerprint density at radius 2 is 2.10 bits per heavy atom. The molecule has 6 heteroatoms. The third kappa shape index (κ3) is 5.83. The zero-order valence-electron chi connectivity index (χ0n) is 12.6. The third-order valence-corrected chi connectivity index (χ3v) is 3.76. The van der Waals surface area contributed by atoms with Gasteiger partial charge in [0.1, 0.15) is 0 Å². The second kappa shape index (κ2) is 9.26. The molecule has 0 aliphatic rings. The number of methoxy groups -OCH3 is 1. The Morgan fingerprint density at radius 1 is 1.38 bits per heavy atom. The van der Waals surface area contributed by atoms with Gasteiger partial charge in [0.2, 0.25) is 5.91 Å². The Hall–Kier alpha value is -0.810. The maximum atomic E-state index is 12.0. The first-order valence-corrected chi connectivity index (χ1v) is 7.72. The van der Waals surface area contributed by atoms with Crippen LogP contribution in [0.1, 0.15) is 31.9 Å². The van der Waals surface area contributed by atoms with Crippen molar-refractivity contribution in [2.75, 3.05) is 20.3 Å². The highest BCUT2D eigenvalue weighted by atomic mass is 35.5. The van der Waals surface area contributed by atoms with Gasteiger partial charge in [0.15, 0.2) is 0 Å². The zero-order valence-corrected chi connectivity index (χ0v) is 14.1. The molecule has 0 aromatic heterocycles. The van der Waals surface area contributed by atoms with Gasteiger partial charge in [-0.25, -0.2) is 0 Å². The standard InChI is InChI=1S/C15H22Cl2N2O2/c1-4-14(12-6-5-11(16)9-13(12)17)19-10(2)15(20)18-7-8-21-3/h5-6,9-10,14,19H,4,7-8H2,1-3H3,(H,18,20). The number of benzene rings is 1. The van der Waals surface area contributed by atoms with Gasteiger partial charge in [-0.2, -0.15) is 0 Å². The molecule has 1 aromatic rings. The van der Waals surface area contributed by atoms with Crippen molar-refractivity contribution in [1.82, 2.24) is 10.6 Å². The van der Waals surface area contributed by atoms with Gasteiger partial charge in [-0.1, -0.05) is 36.2 Å². The largest absolute Gasteiger partial charge is 0.383 e. The van der Waals surface area contributed by atoms with E-state index in [0.717, 1.165) is 12.0 Å². The monoisotopic (exact) mass is 332 g/mol. The lowest BCUT2D eigenvalue weighted by Gasteiger charge is -2.23. The number of carbonyl (C=O) groups is 1. The van der Waals surface area contributed by atoms with E-state index in [2.05, 4.69) is 10.6 Å². The first kappa shape index (κ1) is 18.2. The molecular formula is C15H22Cl2N2O2. The molecule has 2 atom stereocenters. The van der Waals surface area contributed by atoms with Crippen LogP contribution in [-0.2, 0) is 9.53 Å². The van der Waals surface area contributed by atoms with Crippen LogP contribution in [0, 0.1) is 0 Å². The van der Waals surface area contributed by atoms with Crippen LogP contribution in [-0.4, -0.2) is 32.2 Å². The van der Waals surface area contributed by atoms with Crippen LogP contribution in [0.15, 0.2) is 18.2 Å². The van der Waals surface area contributed by atoms with Crippen LogP contribution in [0.4, 0.5) is 0 Å². The molecule has 4 nitrogen and oxygen atoms in total. The van der Waals surface area contributed by atoms with Crippen molar-refractivity contribution in [3.8, 4) is 0 Å². The van der Waals surface area contributed by atoms with Gasteiger partial charge in [0.05, 0.1) is 12.6 Å². The summed E-state index contributed by atoms with van der Waals surface area (Å²) in [5.74, 6) is -0.0596. The van der Waals surface area contributed by atoms with E-state index < -0.39 is 0 Å². The van der Waals surface area contributed by atoms with Gasteiger partial charge in [-0.3, -0.25) is 10.1 Å². The molecule has 0 fully saturated rings. The summed E-state index contributed by atoms with van der Waals surface area (Å²) in [6.07, 6.45) is 0.817. The summed E-state index contributed by atoms with van der Waals surface area (Å²) in [6.45, 7) is 4.87. The van der Waals surface area contributed by atoms with Gasteiger partial charge in [0, 0.05) is 29.7 Å². The summed E-state index contributed by atoms with van der Waals surface area (Å²) in [4.78, 5) is 12.0. The van der Waals surface area contributed by atoms with Crippen molar-refractivity contribution in [1.29, 1.82) is 0 Å². The highest BCUT2D eigenvalue weighted by Gasteiger charge is 2.19. The number of ether oxygens (including phenoxy) is 1. The maximum absolute atomic E-state index is 12.0. The molecule has 1 amide bonds. The average Bonchev–Trinajstić information content (AvgIpc) is 2.45. The lowest BCUT2D eigenvalue weighted by Crippen LogP contribution is -2.44. The second-order valence-electron chi connectivity index (χ2n) is 4.80. The molecule has 0 saturated heterocycles. The Labute approximate surface area is 136 Å². The number of nitrogens with one attached hydrogen (secondary N) is 2. The van der Waals surface area contributed by atoms with Crippen molar-refractivity contribution in [3.05, 3.63) is 33.8 Å². The van der Waals surface area contributed by atoms with Gasteiger partial charge in [-0.15, -0.1) is 0 Å². The predicted molar refractivity (Wildman–Crippen MR) is 87.0 cm³/mol. The second-order valence-corrected chi connectivity index (χ2v) is 5.64.